The van der Waals surface area contributed by atoms with Crippen LogP contribution in [0.15, 0.2) is 11.1 Å². The van der Waals surface area contributed by atoms with Gasteiger partial charge in [0.1, 0.15) is 0 Å². The number of halogens is 1. The van der Waals surface area contributed by atoms with Crippen LogP contribution in [0.25, 0.3) is 0 Å². The molecule has 0 rings (SSSR count). The van der Waals surface area contributed by atoms with E-state index in [0.717, 1.165) is 23.7 Å². The highest BCUT2D eigenvalue weighted by Gasteiger charge is 1.97. The second-order valence-electron chi connectivity index (χ2n) is 2.71. The van der Waals surface area contributed by atoms with Gasteiger partial charge in [0.05, 0.1) is 6.26 Å². The third kappa shape index (κ3) is 12.1. The normalized spacial score (nSPS) is 11.5. The topological polar surface area (TPSA) is 58.2 Å². The summed E-state index contributed by atoms with van der Waals surface area (Å²) in [5.74, 6) is 0. The molecule has 0 amide bonds. The third-order valence-corrected chi connectivity index (χ3v) is 2.22. The molecule has 4 nitrogen and oxygen atoms in total. The van der Waals surface area contributed by atoms with Crippen LogP contribution in [0.1, 0.15) is 6.42 Å². The van der Waals surface area contributed by atoms with Gasteiger partial charge in [0.2, 0.25) is 10.0 Å². The molecule has 0 fully saturated rings. The molecule has 0 aliphatic heterocycles. The molecule has 0 spiro atoms. The number of rotatable bonds is 7. The Hall–Kier alpha value is 0.0900. The molecule has 0 aliphatic rings. The summed E-state index contributed by atoms with van der Waals surface area (Å²) in [6.45, 7) is 5.61. The van der Waals surface area contributed by atoms with Gasteiger partial charge in [-0.25, -0.2) is 13.1 Å². The maximum atomic E-state index is 10.6. The fraction of sp³-hybridized carbons (Fsp3) is 0.714. The molecule has 0 aromatic rings. The Morgan fingerprint density at radius 1 is 1.46 bits per heavy atom. The molecule has 2 N–H and O–H groups in total. The summed E-state index contributed by atoms with van der Waals surface area (Å²) >= 11 is 3.21. The van der Waals surface area contributed by atoms with Crippen LogP contribution >= 0.6 is 15.9 Å². The Bertz CT molecular complexity index is 251. The summed E-state index contributed by atoms with van der Waals surface area (Å²) in [4.78, 5) is 0. The van der Waals surface area contributed by atoms with Crippen molar-refractivity contribution < 1.29 is 8.42 Å². The van der Waals surface area contributed by atoms with Gasteiger partial charge in [0.25, 0.3) is 0 Å². The standard InChI is InChI=1S/C7H15BrN2O2S/c1-7(8)6-9-4-3-5-10-13(2,11)12/h9-10H,1,3-6H2,2H3. The molecule has 78 valence electrons. The van der Waals surface area contributed by atoms with Crippen molar-refractivity contribution in [2.24, 2.45) is 0 Å². The highest BCUT2D eigenvalue weighted by Crippen LogP contribution is 1.96. The molecule has 0 aliphatic carbocycles. The Labute approximate surface area is 88.0 Å². The minimum atomic E-state index is -3.03. The van der Waals surface area contributed by atoms with E-state index in [0.29, 0.717) is 13.1 Å². The number of hydrogen-bond donors (Lipinski definition) is 2. The van der Waals surface area contributed by atoms with Crippen LogP contribution in [0.3, 0.4) is 0 Å². The highest BCUT2D eigenvalue weighted by atomic mass is 79.9. The fourth-order valence-electron chi connectivity index (χ4n) is 0.695. The van der Waals surface area contributed by atoms with E-state index in [1.54, 1.807) is 0 Å². The van der Waals surface area contributed by atoms with Crippen LogP contribution < -0.4 is 10.0 Å². The molecule has 0 unspecified atom stereocenters. The van der Waals surface area contributed by atoms with Crippen molar-refractivity contribution in [2.75, 3.05) is 25.9 Å². The summed E-state index contributed by atoms with van der Waals surface area (Å²) in [6.07, 6.45) is 1.92. The lowest BCUT2D eigenvalue weighted by atomic mass is 10.4. The van der Waals surface area contributed by atoms with Gasteiger partial charge in [-0.15, -0.1) is 0 Å². The van der Waals surface area contributed by atoms with Gasteiger partial charge < -0.3 is 5.32 Å². The van der Waals surface area contributed by atoms with Crippen LogP contribution in [-0.4, -0.2) is 34.3 Å². The number of nitrogens with one attached hydrogen (secondary N) is 2. The minimum absolute atomic E-state index is 0.473. The van der Waals surface area contributed by atoms with Crippen LogP contribution in [0.5, 0.6) is 0 Å². The number of hydrogen-bond acceptors (Lipinski definition) is 3. The Balaban J connectivity index is 3.23. The van der Waals surface area contributed by atoms with Crippen molar-refractivity contribution in [1.29, 1.82) is 0 Å². The molecule has 0 radical (unpaired) electrons. The lowest BCUT2D eigenvalue weighted by molar-refractivity contribution is 0.582. The summed E-state index contributed by atoms with van der Waals surface area (Å²) in [6, 6.07) is 0. The Kier molecular flexibility index (Phi) is 6.58. The molecule has 0 saturated carbocycles. The minimum Gasteiger partial charge on any atom is -0.312 e. The predicted molar refractivity (Wildman–Crippen MR) is 58.4 cm³/mol. The van der Waals surface area contributed by atoms with E-state index in [1.165, 1.54) is 0 Å². The largest absolute Gasteiger partial charge is 0.312 e. The van der Waals surface area contributed by atoms with Crippen molar-refractivity contribution >= 4 is 26.0 Å². The Morgan fingerprint density at radius 2 is 2.08 bits per heavy atom. The first kappa shape index (κ1) is 13.1. The summed E-state index contributed by atoms with van der Waals surface area (Å²) in [5, 5.41) is 3.09. The van der Waals surface area contributed by atoms with Crippen molar-refractivity contribution in [2.45, 2.75) is 6.42 Å². The second-order valence-corrected chi connectivity index (χ2v) is 5.67. The van der Waals surface area contributed by atoms with Gasteiger partial charge in [-0.2, -0.15) is 0 Å². The monoisotopic (exact) mass is 270 g/mol. The van der Waals surface area contributed by atoms with Crippen molar-refractivity contribution in [1.82, 2.24) is 10.0 Å². The average Bonchev–Trinajstić information content (AvgIpc) is 1.93. The van der Waals surface area contributed by atoms with E-state index in [4.69, 9.17) is 0 Å². The summed E-state index contributed by atoms with van der Waals surface area (Å²) in [5.41, 5.74) is 0. The summed E-state index contributed by atoms with van der Waals surface area (Å²) < 4.78 is 24.5. The van der Waals surface area contributed by atoms with E-state index < -0.39 is 10.0 Å². The smallest absolute Gasteiger partial charge is 0.208 e. The first-order valence-electron chi connectivity index (χ1n) is 3.90. The van der Waals surface area contributed by atoms with Gasteiger partial charge in [-0.3, -0.25) is 0 Å². The quantitative estimate of drug-likeness (QED) is 0.660. The molecule has 0 bridgehead atoms. The SMILES string of the molecule is C=C(Br)CNCCCNS(C)(=O)=O. The molecule has 0 saturated heterocycles. The van der Waals surface area contributed by atoms with Crippen molar-refractivity contribution in [3.63, 3.8) is 0 Å². The lowest BCUT2D eigenvalue weighted by Gasteiger charge is -2.03. The molecular weight excluding hydrogens is 256 g/mol. The highest BCUT2D eigenvalue weighted by molar-refractivity contribution is 9.11. The second kappa shape index (κ2) is 6.53. The predicted octanol–water partition coefficient (Wildman–Crippen LogP) is 0.424. The van der Waals surface area contributed by atoms with Gasteiger partial charge in [0.15, 0.2) is 0 Å². The van der Waals surface area contributed by atoms with Crippen LogP contribution in [0, 0.1) is 0 Å². The van der Waals surface area contributed by atoms with Crippen molar-refractivity contribution in [3.05, 3.63) is 11.1 Å². The van der Waals surface area contributed by atoms with E-state index in [2.05, 4.69) is 32.5 Å². The van der Waals surface area contributed by atoms with E-state index in [-0.39, 0.29) is 0 Å². The zero-order valence-corrected chi connectivity index (χ0v) is 10.0. The molecule has 0 aromatic carbocycles. The molecule has 0 heterocycles. The zero-order chi connectivity index (χ0) is 10.3. The lowest BCUT2D eigenvalue weighted by Crippen LogP contribution is -2.26. The van der Waals surface area contributed by atoms with Crippen molar-refractivity contribution in [3.8, 4) is 0 Å². The van der Waals surface area contributed by atoms with Crippen LogP contribution in [0.2, 0.25) is 0 Å². The molecule has 6 heteroatoms. The van der Waals surface area contributed by atoms with E-state index in [1.807, 2.05) is 0 Å². The molecule has 0 atom stereocenters. The average molecular weight is 271 g/mol. The van der Waals surface area contributed by atoms with Crippen LogP contribution in [0.4, 0.5) is 0 Å². The van der Waals surface area contributed by atoms with Gasteiger partial charge in [0, 0.05) is 17.6 Å². The maximum Gasteiger partial charge on any atom is 0.208 e. The molecule has 0 aromatic heterocycles. The van der Waals surface area contributed by atoms with Gasteiger partial charge >= 0.3 is 0 Å². The zero-order valence-electron chi connectivity index (χ0n) is 7.64. The first-order chi connectivity index (χ1) is 5.92. The maximum absolute atomic E-state index is 10.6. The molecular formula is C7H15BrN2O2S. The molecule has 13 heavy (non-hydrogen) atoms. The van der Waals surface area contributed by atoms with E-state index >= 15 is 0 Å². The fourth-order valence-corrected chi connectivity index (χ4v) is 1.41. The Morgan fingerprint density at radius 3 is 2.54 bits per heavy atom. The third-order valence-electron chi connectivity index (χ3n) is 1.21. The number of sulfonamides is 1. The summed E-state index contributed by atoms with van der Waals surface area (Å²) in [7, 11) is -3.03. The van der Waals surface area contributed by atoms with Gasteiger partial charge in [-0.05, 0) is 13.0 Å². The van der Waals surface area contributed by atoms with Crippen LogP contribution in [-0.2, 0) is 10.0 Å². The first-order valence-corrected chi connectivity index (χ1v) is 6.59. The van der Waals surface area contributed by atoms with E-state index in [9.17, 15) is 8.42 Å². The van der Waals surface area contributed by atoms with Gasteiger partial charge in [-0.1, -0.05) is 22.5 Å².